The predicted octanol–water partition coefficient (Wildman–Crippen LogP) is 12.0. The summed E-state index contributed by atoms with van der Waals surface area (Å²) in [5.41, 5.74) is 6.12. The molecule has 0 radical (unpaired) electrons. The normalized spacial score (nSPS) is 19.3. The van der Waals surface area contributed by atoms with Crippen LogP contribution < -0.4 is 16.4 Å². The molecule has 6 N–H and O–H groups in total. The van der Waals surface area contributed by atoms with Gasteiger partial charge in [0, 0.05) is 31.2 Å². The molecule has 0 aromatic rings. The second-order valence-corrected chi connectivity index (χ2v) is 19.5. The van der Waals surface area contributed by atoms with Crippen molar-refractivity contribution < 1.29 is 24.3 Å². The first-order valence-corrected chi connectivity index (χ1v) is 25.8. The van der Waals surface area contributed by atoms with E-state index in [1.807, 2.05) is 0 Å². The maximum absolute atomic E-state index is 13.9. The summed E-state index contributed by atoms with van der Waals surface area (Å²) in [5.74, 6) is -0.580. The summed E-state index contributed by atoms with van der Waals surface area (Å²) in [5, 5.41) is 27.3. The van der Waals surface area contributed by atoms with Crippen molar-refractivity contribution in [3.8, 4) is 0 Å². The molecule has 0 aromatic carbocycles. The maximum atomic E-state index is 13.9. The molecule has 0 heterocycles. The zero-order valence-electron chi connectivity index (χ0n) is 40.5. The molecule has 0 aromatic heterocycles. The van der Waals surface area contributed by atoms with Crippen LogP contribution in [0.25, 0.3) is 0 Å². The van der Waals surface area contributed by atoms with Gasteiger partial charge in [0.25, 0.3) is 0 Å². The van der Waals surface area contributed by atoms with E-state index in [0.717, 1.165) is 23.9 Å². The van der Waals surface area contributed by atoms with Crippen LogP contribution in [-0.4, -0.2) is 77.4 Å². The number of ketones is 1. The van der Waals surface area contributed by atoms with E-state index in [9.17, 15) is 19.8 Å². The van der Waals surface area contributed by atoms with Crippen molar-refractivity contribution in [2.24, 2.45) is 17.6 Å². The van der Waals surface area contributed by atoms with Gasteiger partial charge in [-0.15, -0.1) is 0 Å². The number of carbonyl (C=O) groups excluding carboxylic acids is 2. The molecule has 0 aliphatic heterocycles. The highest BCUT2D eigenvalue weighted by atomic mass is 16.3. The summed E-state index contributed by atoms with van der Waals surface area (Å²) in [7, 11) is 2.43. The van der Waals surface area contributed by atoms with Crippen molar-refractivity contribution in [1.82, 2.24) is 10.6 Å². The molecule has 1 aliphatic carbocycles. The van der Waals surface area contributed by atoms with Crippen LogP contribution in [0.2, 0.25) is 0 Å². The first-order valence-electron chi connectivity index (χ1n) is 25.8. The van der Waals surface area contributed by atoms with E-state index in [0.29, 0.717) is 43.0 Å². The van der Waals surface area contributed by atoms with Gasteiger partial charge in [-0.25, -0.2) is 0 Å². The molecule has 1 amide bonds. The van der Waals surface area contributed by atoms with E-state index in [1.165, 1.54) is 167 Å². The third-order valence-corrected chi connectivity index (χ3v) is 14.3. The Morgan fingerprint density at radius 1 is 0.683 bits per heavy atom. The SMILES string of the molecule is C=C(N)NCCCC[C@H](CC(=O)C1=C[C@@H](O)[C@@H](C)[C@H](O)C1)C(=O)NCC[N+](C)(C(C)CCCCCCCCCCCCCC)C(C)CCCCCCCCCCCCCC. The third kappa shape index (κ3) is 25.9. The van der Waals surface area contributed by atoms with E-state index in [2.05, 4.69) is 52.0 Å². The maximum Gasteiger partial charge on any atom is 0.223 e. The highest BCUT2D eigenvalue weighted by molar-refractivity contribution is 5.98. The number of carbonyl (C=O) groups is 2. The van der Waals surface area contributed by atoms with E-state index in [4.69, 9.17) is 5.73 Å². The Bertz CT molecular complexity index is 1090. The Balaban J connectivity index is 2.81. The number of aliphatic hydroxyl groups is 2. The lowest BCUT2D eigenvalue weighted by Crippen LogP contribution is -2.59. The quantitative estimate of drug-likeness (QED) is 0.0308. The van der Waals surface area contributed by atoms with Gasteiger partial charge in [-0.3, -0.25) is 9.59 Å². The summed E-state index contributed by atoms with van der Waals surface area (Å²) < 4.78 is 0.954. The molecule has 8 nitrogen and oxygen atoms in total. The van der Waals surface area contributed by atoms with Crippen LogP contribution in [0.4, 0.5) is 0 Å². The fourth-order valence-corrected chi connectivity index (χ4v) is 9.31. The number of aliphatic hydroxyl groups excluding tert-OH is 2. The number of quaternary nitrogens is 1. The van der Waals surface area contributed by atoms with Crippen LogP contribution in [-0.2, 0) is 9.59 Å². The molecule has 0 bridgehead atoms. The van der Waals surface area contributed by atoms with Crippen LogP contribution in [0.3, 0.4) is 0 Å². The zero-order valence-corrected chi connectivity index (χ0v) is 40.5. The van der Waals surface area contributed by atoms with Gasteiger partial charge in [-0.05, 0) is 64.0 Å². The van der Waals surface area contributed by atoms with Gasteiger partial charge in [-0.2, -0.15) is 0 Å². The second-order valence-electron chi connectivity index (χ2n) is 19.5. The second kappa shape index (κ2) is 35.5. The van der Waals surface area contributed by atoms with Crippen molar-refractivity contribution in [2.45, 2.75) is 258 Å². The Morgan fingerprint density at radius 3 is 1.52 bits per heavy atom. The van der Waals surface area contributed by atoms with Crippen LogP contribution in [0.1, 0.15) is 234 Å². The Labute approximate surface area is 371 Å². The minimum Gasteiger partial charge on any atom is -0.392 e. The topological polar surface area (TPSA) is 125 Å². The number of unbranched alkanes of at least 4 members (excludes halogenated alkanes) is 23. The monoisotopic (exact) mass is 846 g/mol. The Hall–Kier alpha value is -1.90. The van der Waals surface area contributed by atoms with Gasteiger partial charge in [0.15, 0.2) is 5.78 Å². The van der Waals surface area contributed by atoms with Gasteiger partial charge in [-0.1, -0.05) is 175 Å². The van der Waals surface area contributed by atoms with Crippen molar-refractivity contribution in [3.05, 3.63) is 24.0 Å². The van der Waals surface area contributed by atoms with Crippen molar-refractivity contribution in [2.75, 3.05) is 26.7 Å². The molecule has 0 fully saturated rings. The molecule has 6 atom stereocenters. The van der Waals surface area contributed by atoms with Crippen LogP contribution in [0, 0.1) is 11.8 Å². The molecular formula is C52H101N4O4+. The average Bonchev–Trinajstić information content (AvgIpc) is 3.22. The van der Waals surface area contributed by atoms with E-state index >= 15 is 0 Å². The molecule has 8 heteroatoms. The van der Waals surface area contributed by atoms with Crippen molar-refractivity contribution in [1.29, 1.82) is 0 Å². The molecule has 2 unspecified atom stereocenters. The van der Waals surface area contributed by atoms with E-state index in [-0.39, 0.29) is 30.4 Å². The number of amides is 1. The van der Waals surface area contributed by atoms with Crippen LogP contribution in [0.15, 0.2) is 24.0 Å². The lowest BCUT2D eigenvalue weighted by atomic mass is 9.82. The summed E-state index contributed by atoms with van der Waals surface area (Å²) in [4.78, 5) is 27.4. The number of likely N-dealkylation sites (N-methyl/N-ethyl adjacent to an activating group) is 1. The zero-order chi connectivity index (χ0) is 44.4. The van der Waals surface area contributed by atoms with Crippen molar-refractivity contribution in [3.63, 3.8) is 0 Å². The summed E-state index contributed by atoms with van der Waals surface area (Å²) >= 11 is 0. The van der Waals surface area contributed by atoms with Gasteiger partial charge >= 0.3 is 0 Å². The minimum absolute atomic E-state index is 0.0702. The Kier molecular flexibility index (Phi) is 33.2. The van der Waals surface area contributed by atoms with Gasteiger partial charge in [0.1, 0.15) is 0 Å². The Morgan fingerprint density at radius 2 is 1.10 bits per heavy atom. The number of nitrogens with two attached hydrogens (primary N) is 1. The fraction of sp³-hybridized carbons (Fsp3) is 0.885. The number of nitrogens with zero attached hydrogens (tertiary/aromatic N) is 1. The molecule has 352 valence electrons. The molecule has 0 saturated heterocycles. The van der Waals surface area contributed by atoms with Gasteiger partial charge in [0.05, 0.1) is 50.2 Å². The smallest absolute Gasteiger partial charge is 0.223 e. The lowest BCUT2D eigenvalue weighted by molar-refractivity contribution is -0.952. The minimum atomic E-state index is -0.861. The van der Waals surface area contributed by atoms with Crippen LogP contribution in [0.5, 0.6) is 0 Å². The number of nitrogens with one attached hydrogen (secondary N) is 2. The summed E-state index contributed by atoms with van der Waals surface area (Å²) in [6.07, 6.45) is 37.5. The van der Waals surface area contributed by atoms with Crippen LogP contribution >= 0.6 is 0 Å². The van der Waals surface area contributed by atoms with Gasteiger partial charge < -0.3 is 31.1 Å². The first-order chi connectivity index (χ1) is 28.9. The third-order valence-electron chi connectivity index (χ3n) is 14.3. The molecular weight excluding hydrogens is 745 g/mol. The molecule has 1 rings (SSSR count). The number of Topliss-reactive ketones (excluding diaryl/α,β-unsaturated/α-hetero) is 1. The van der Waals surface area contributed by atoms with Crippen molar-refractivity contribution >= 4 is 11.7 Å². The molecule has 60 heavy (non-hydrogen) atoms. The van der Waals surface area contributed by atoms with Gasteiger partial charge in [0.2, 0.25) is 5.91 Å². The fourth-order valence-electron chi connectivity index (χ4n) is 9.31. The predicted molar refractivity (Wildman–Crippen MR) is 257 cm³/mol. The highest BCUT2D eigenvalue weighted by Gasteiger charge is 2.35. The molecule has 0 saturated carbocycles. The lowest BCUT2D eigenvalue weighted by Gasteiger charge is -2.45. The number of hydrogen-bond donors (Lipinski definition) is 5. The first kappa shape index (κ1) is 56.1. The molecule has 1 aliphatic rings. The largest absolute Gasteiger partial charge is 0.392 e. The van der Waals surface area contributed by atoms with E-state index in [1.54, 1.807) is 13.0 Å². The number of rotatable bonds is 41. The number of hydrogen-bond acceptors (Lipinski definition) is 6. The summed E-state index contributed by atoms with van der Waals surface area (Å²) in [6, 6.07) is 0.996. The summed E-state index contributed by atoms with van der Waals surface area (Å²) in [6.45, 7) is 17.1. The molecule has 0 spiro atoms. The highest BCUT2D eigenvalue weighted by Crippen LogP contribution is 2.28. The standard InChI is InChI=1S/C52H100N4O4/c1-8-10-12-14-16-18-20-22-24-26-28-30-34-43(3)56(7,44(4)35-31-29-27-25-23-21-19-17-15-13-11-9-2)39-38-55-52(60)47(36-32-33-37-54-46(6)53)40-51(59)48-41-49(57)45(5)50(58)42-48/h41,43-45,47,49-50,54,57-58H,6,8-40,42,53H2,1-5,7H3/p+1/t43?,44?,45-,47-,49-,50-,56?/m1/s1. The van der Waals surface area contributed by atoms with E-state index < -0.39 is 18.1 Å². The average molecular weight is 846 g/mol.